The van der Waals surface area contributed by atoms with Crippen LogP contribution in [0.5, 0.6) is 17.4 Å². The van der Waals surface area contributed by atoms with Gasteiger partial charge < -0.3 is 15.2 Å². The van der Waals surface area contributed by atoms with Crippen LogP contribution in [0.15, 0.2) is 54.6 Å². The fourth-order valence-corrected chi connectivity index (χ4v) is 3.83. The van der Waals surface area contributed by atoms with Gasteiger partial charge in [-0.2, -0.15) is 0 Å². The lowest BCUT2D eigenvalue weighted by Gasteiger charge is -2.21. The Kier molecular flexibility index (Phi) is 6.07. The van der Waals surface area contributed by atoms with Crippen molar-refractivity contribution in [3.8, 4) is 17.4 Å². The number of rotatable bonds is 7. The van der Waals surface area contributed by atoms with Crippen molar-refractivity contribution in [3.63, 3.8) is 0 Å². The molecule has 4 heteroatoms. The number of ether oxygens (including phenoxy) is 2. The maximum absolute atomic E-state index is 5.96. The molecular formula is C24H28N2O2. The van der Waals surface area contributed by atoms with Crippen molar-refractivity contribution in [2.24, 2.45) is 11.7 Å². The zero-order valence-electron chi connectivity index (χ0n) is 16.3. The van der Waals surface area contributed by atoms with E-state index in [1.165, 1.54) is 37.7 Å². The highest BCUT2D eigenvalue weighted by molar-refractivity contribution is 5.79. The molecule has 28 heavy (non-hydrogen) atoms. The van der Waals surface area contributed by atoms with Crippen LogP contribution in [0.3, 0.4) is 0 Å². The minimum Gasteiger partial charge on any atom is -0.493 e. The molecule has 2 aromatic carbocycles. The maximum Gasteiger partial charge on any atom is 0.219 e. The van der Waals surface area contributed by atoms with Gasteiger partial charge in [-0.3, -0.25) is 0 Å². The quantitative estimate of drug-likeness (QED) is 0.592. The number of hydrogen-bond acceptors (Lipinski definition) is 4. The average Bonchev–Trinajstić information content (AvgIpc) is 2.74. The normalized spacial score (nSPS) is 14.9. The van der Waals surface area contributed by atoms with Gasteiger partial charge in [0.05, 0.1) is 12.1 Å². The van der Waals surface area contributed by atoms with Gasteiger partial charge in [0.25, 0.3) is 0 Å². The standard InChI is InChI=1S/C24H28N2O2/c25-15-14-18-6-12-23-20(16-18)7-13-24(26-23)28-22-10-8-21(9-11-22)27-17-19-4-2-1-3-5-19/h6-13,16,19H,1-5,14-15,17,25H2. The molecule has 0 amide bonds. The van der Waals surface area contributed by atoms with Crippen LogP contribution in [0.4, 0.5) is 0 Å². The van der Waals surface area contributed by atoms with E-state index in [0.717, 1.165) is 35.4 Å². The number of nitrogens with two attached hydrogens (primary N) is 1. The van der Waals surface area contributed by atoms with E-state index < -0.39 is 0 Å². The van der Waals surface area contributed by atoms with Crippen molar-refractivity contribution >= 4 is 10.9 Å². The van der Waals surface area contributed by atoms with E-state index in [2.05, 4.69) is 17.1 Å². The molecule has 3 aromatic rings. The first-order valence-electron chi connectivity index (χ1n) is 10.3. The van der Waals surface area contributed by atoms with Crippen LogP contribution in [0.2, 0.25) is 0 Å². The smallest absolute Gasteiger partial charge is 0.219 e. The Hall–Kier alpha value is -2.59. The lowest BCUT2D eigenvalue weighted by atomic mass is 9.90. The van der Waals surface area contributed by atoms with Crippen LogP contribution < -0.4 is 15.2 Å². The minimum absolute atomic E-state index is 0.593. The molecule has 1 aliphatic carbocycles. The molecule has 0 unspecified atom stereocenters. The summed E-state index contributed by atoms with van der Waals surface area (Å²) in [7, 11) is 0. The summed E-state index contributed by atoms with van der Waals surface area (Å²) in [6.07, 6.45) is 7.52. The Morgan fingerprint density at radius 2 is 1.68 bits per heavy atom. The zero-order valence-corrected chi connectivity index (χ0v) is 16.3. The Morgan fingerprint density at radius 1 is 0.893 bits per heavy atom. The van der Waals surface area contributed by atoms with Crippen molar-refractivity contribution in [1.29, 1.82) is 0 Å². The van der Waals surface area contributed by atoms with Gasteiger partial charge in [0, 0.05) is 11.5 Å². The Balaban J connectivity index is 1.37. The molecule has 0 bridgehead atoms. The number of hydrogen-bond donors (Lipinski definition) is 1. The van der Waals surface area contributed by atoms with Gasteiger partial charge in [-0.25, -0.2) is 4.98 Å². The number of benzene rings is 2. The second kappa shape index (κ2) is 9.07. The first-order chi connectivity index (χ1) is 13.8. The molecule has 0 spiro atoms. The van der Waals surface area contributed by atoms with Gasteiger partial charge in [0.2, 0.25) is 5.88 Å². The maximum atomic E-state index is 5.96. The molecule has 1 saturated carbocycles. The Morgan fingerprint density at radius 3 is 2.46 bits per heavy atom. The highest BCUT2D eigenvalue weighted by Gasteiger charge is 2.14. The van der Waals surface area contributed by atoms with E-state index >= 15 is 0 Å². The van der Waals surface area contributed by atoms with Crippen LogP contribution >= 0.6 is 0 Å². The van der Waals surface area contributed by atoms with Crippen molar-refractivity contribution < 1.29 is 9.47 Å². The van der Waals surface area contributed by atoms with E-state index in [9.17, 15) is 0 Å². The van der Waals surface area contributed by atoms with Crippen molar-refractivity contribution in [1.82, 2.24) is 4.98 Å². The third kappa shape index (κ3) is 4.82. The molecule has 1 aliphatic rings. The molecule has 4 rings (SSSR count). The van der Waals surface area contributed by atoms with Gasteiger partial charge in [-0.15, -0.1) is 0 Å². The predicted molar refractivity (Wildman–Crippen MR) is 113 cm³/mol. The molecule has 0 aliphatic heterocycles. The lowest BCUT2D eigenvalue weighted by molar-refractivity contribution is 0.208. The molecular weight excluding hydrogens is 348 g/mol. The minimum atomic E-state index is 0.593. The van der Waals surface area contributed by atoms with Gasteiger partial charge in [0.15, 0.2) is 0 Å². The summed E-state index contributed by atoms with van der Waals surface area (Å²) in [5, 5.41) is 1.10. The van der Waals surface area contributed by atoms with E-state index in [4.69, 9.17) is 15.2 Å². The molecule has 146 valence electrons. The van der Waals surface area contributed by atoms with E-state index in [0.29, 0.717) is 18.3 Å². The molecule has 0 radical (unpaired) electrons. The molecule has 1 heterocycles. The number of pyridine rings is 1. The molecule has 0 atom stereocenters. The van der Waals surface area contributed by atoms with Gasteiger partial charge in [-0.05, 0) is 79.8 Å². The summed E-state index contributed by atoms with van der Waals surface area (Å²) in [4.78, 5) is 4.61. The Labute approximate surface area is 166 Å². The average molecular weight is 377 g/mol. The van der Waals surface area contributed by atoms with Crippen LogP contribution in [0, 0.1) is 5.92 Å². The van der Waals surface area contributed by atoms with Gasteiger partial charge in [0.1, 0.15) is 11.5 Å². The fraction of sp³-hybridized carbons (Fsp3) is 0.375. The fourth-order valence-electron chi connectivity index (χ4n) is 3.83. The molecule has 0 saturated heterocycles. The number of aromatic nitrogens is 1. The molecule has 1 aromatic heterocycles. The second-order valence-electron chi connectivity index (χ2n) is 7.60. The highest BCUT2D eigenvalue weighted by Crippen LogP contribution is 2.27. The topological polar surface area (TPSA) is 57.4 Å². The van der Waals surface area contributed by atoms with Crippen molar-refractivity contribution in [3.05, 3.63) is 60.2 Å². The van der Waals surface area contributed by atoms with Gasteiger partial charge in [-0.1, -0.05) is 25.3 Å². The predicted octanol–water partition coefficient (Wildman–Crippen LogP) is 5.49. The van der Waals surface area contributed by atoms with Crippen molar-refractivity contribution in [2.75, 3.05) is 13.2 Å². The molecule has 2 N–H and O–H groups in total. The zero-order chi connectivity index (χ0) is 19.2. The van der Waals surface area contributed by atoms with Crippen molar-refractivity contribution in [2.45, 2.75) is 38.5 Å². The van der Waals surface area contributed by atoms with E-state index in [1.807, 2.05) is 42.5 Å². The highest BCUT2D eigenvalue weighted by atomic mass is 16.5. The van der Waals surface area contributed by atoms with Crippen LogP contribution in [-0.4, -0.2) is 18.1 Å². The summed E-state index contributed by atoms with van der Waals surface area (Å²) in [6, 6.07) is 18.0. The number of fused-ring (bicyclic) bond motifs is 1. The number of nitrogens with zero attached hydrogens (tertiary/aromatic N) is 1. The summed E-state index contributed by atoms with van der Waals surface area (Å²) < 4.78 is 11.9. The summed E-state index contributed by atoms with van der Waals surface area (Å²) >= 11 is 0. The Bertz CT molecular complexity index is 902. The third-order valence-electron chi connectivity index (χ3n) is 5.42. The first kappa shape index (κ1) is 18.8. The monoisotopic (exact) mass is 376 g/mol. The van der Waals surface area contributed by atoms with E-state index in [1.54, 1.807) is 0 Å². The summed E-state index contributed by atoms with van der Waals surface area (Å²) in [6.45, 7) is 1.47. The first-order valence-corrected chi connectivity index (χ1v) is 10.3. The van der Waals surface area contributed by atoms with Crippen LogP contribution in [0.25, 0.3) is 10.9 Å². The molecule has 4 nitrogen and oxygen atoms in total. The van der Waals surface area contributed by atoms with E-state index in [-0.39, 0.29) is 0 Å². The third-order valence-corrected chi connectivity index (χ3v) is 5.42. The molecule has 1 fully saturated rings. The van der Waals surface area contributed by atoms with Crippen LogP contribution in [-0.2, 0) is 6.42 Å². The second-order valence-corrected chi connectivity index (χ2v) is 7.60. The van der Waals surface area contributed by atoms with Crippen LogP contribution in [0.1, 0.15) is 37.7 Å². The van der Waals surface area contributed by atoms with Gasteiger partial charge >= 0.3 is 0 Å². The lowest BCUT2D eigenvalue weighted by Crippen LogP contribution is -2.15. The summed E-state index contributed by atoms with van der Waals surface area (Å²) in [5.41, 5.74) is 7.79. The SMILES string of the molecule is NCCc1ccc2nc(Oc3ccc(OCC4CCCCC4)cc3)ccc2c1. The summed E-state index contributed by atoms with van der Waals surface area (Å²) in [5.74, 6) is 2.96. The largest absolute Gasteiger partial charge is 0.493 e.